The van der Waals surface area contributed by atoms with Crippen LogP contribution in [0.1, 0.15) is 34.1 Å². The molecule has 108 valence electrons. The largest absolute Gasteiger partial charge is 0.497 e. The third-order valence-corrected chi connectivity index (χ3v) is 3.34. The highest BCUT2D eigenvalue weighted by molar-refractivity contribution is 5.46. The zero-order valence-electron chi connectivity index (χ0n) is 12.9. The first-order valence-electron chi connectivity index (χ1n) is 7.18. The lowest BCUT2D eigenvalue weighted by molar-refractivity contribution is 0.174. The van der Waals surface area contributed by atoms with E-state index in [0.717, 1.165) is 30.9 Å². The van der Waals surface area contributed by atoms with Gasteiger partial charge in [0.05, 0.1) is 7.11 Å². The van der Waals surface area contributed by atoms with E-state index in [-0.39, 0.29) is 0 Å². The van der Waals surface area contributed by atoms with E-state index in [2.05, 4.69) is 50.0 Å². The fourth-order valence-corrected chi connectivity index (χ4v) is 2.32. The van der Waals surface area contributed by atoms with Crippen molar-refractivity contribution in [1.29, 1.82) is 0 Å². The Morgan fingerprint density at radius 3 is 2.11 bits per heavy atom. The van der Waals surface area contributed by atoms with Crippen LogP contribution in [0.15, 0.2) is 24.3 Å². The van der Waals surface area contributed by atoms with E-state index in [0.29, 0.717) is 12.1 Å². The van der Waals surface area contributed by atoms with Gasteiger partial charge in [-0.2, -0.15) is 0 Å². The van der Waals surface area contributed by atoms with Gasteiger partial charge in [0.2, 0.25) is 0 Å². The zero-order valence-corrected chi connectivity index (χ0v) is 12.9. The Bertz CT molecular complexity index is 338. The molecular weight excluding hydrogens is 236 g/mol. The highest BCUT2D eigenvalue weighted by Gasteiger charge is 2.11. The topological polar surface area (TPSA) is 24.5 Å². The summed E-state index contributed by atoms with van der Waals surface area (Å²) in [5.74, 6) is 0.899. The second-order valence-corrected chi connectivity index (χ2v) is 5.43. The molecule has 0 radical (unpaired) electrons. The molecule has 1 rings (SSSR count). The molecule has 0 amide bonds. The van der Waals surface area contributed by atoms with Crippen molar-refractivity contribution in [3.63, 3.8) is 0 Å². The quantitative estimate of drug-likeness (QED) is 0.726. The van der Waals surface area contributed by atoms with Gasteiger partial charge < -0.3 is 10.1 Å². The summed E-state index contributed by atoms with van der Waals surface area (Å²) in [4.78, 5) is 2.52. The van der Waals surface area contributed by atoms with Crippen LogP contribution in [0.5, 0.6) is 5.75 Å². The molecule has 19 heavy (non-hydrogen) atoms. The maximum absolute atomic E-state index is 5.14. The van der Waals surface area contributed by atoms with Crippen molar-refractivity contribution in [3.05, 3.63) is 24.3 Å². The van der Waals surface area contributed by atoms with Gasteiger partial charge in [0.25, 0.3) is 0 Å². The molecule has 0 aliphatic heterocycles. The molecule has 0 aromatic heterocycles. The van der Waals surface area contributed by atoms with Gasteiger partial charge in [-0.25, -0.2) is 0 Å². The Morgan fingerprint density at radius 2 is 1.63 bits per heavy atom. The molecular formula is C16H28N2O. The van der Waals surface area contributed by atoms with E-state index in [1.807, 2.05) is 12.1 Å². The molecule has 0 unspecified atom stereocenters. The van der Waals surface area contributed by atoms with Gasteiger partial charge >= 0.3 is 0 Å². The van der Waals surface area contributed by atoms with E-state index >= 15 is 0 Å². The van der Waals surface area contributed by atoms with Crippen molar-refractivity contribution in [3.8, 4) is 5.75 Å². The lowest BCUT2D eigenvalue weighted by Gasteiger charge is -2.30. The summed E-state index contributed by atoms with van der Waals surface area (Å²) in [5, 5.41) is 3.45. The highest BCUT2D eigenvalue weighted by atomic mass is 16.5. The van der Waals surface area contributed by atoms with Crippen molar-refractivity contribution in [2.24, 2.45) is 0 Å². The SMILES string of the molecule is COc1ccc(NCCCN(C(C)C)C(C)C)cc1. The lowest BCUT2D eigenvalue weighted by atomic mass is 10.2. The number of methoxy groups -OCH3 is 1. The van der Waals surface area contributed by atoms with E-state index in [9.17, 15) is 0 Å². The molecule has 0 spiro atoms. The summed E-state index contributed by atoms with van der Waals surface area (Å²) in [6, 6.07) is 9.30. The zero-order chi connectivity index (χ0) is 14.3. The fourth-order valence-electron chi connectivity index (χ4n) is 2.32. The predicted octanol–water partition coefficient (Wildman–Crippen LogP) is 3.62. The third-order valence-electron chi connectivity index (χ3n) is 3.34. The Kier molecular flexibility index (Phi) is 6.71. The van der Waals surface area contributed by atoms with Gasteiger partial charge in [-0.1, -0.05) is 0 Å². The molecule has 3 nitrogen and oxygen atoms in total. The van der Waals surface area contributed by atoms with Crippen LogP contribution in [0.4, 0.5) is 5.69 Å². The van der Waals surface area contributed by atoms with Crippen LogP contribution in [-0.2, 0) is 0 Å². The molecule has 0 aliphatic carbocycles. The van der Waals surface area contributed by atoms with Gasteiger partial charge in [0, 0.05) is 30.9 Å². The van der Waals surface area contributed by atoms with Crippen molar-refractivity contribution in [2.45, 2.75) is 46.2 Å². The van der Waals surface area contributed by atoms with E-state index in [1.165, 1.54) is 0 Å². The number of nitrogens with one attached hydrogen (secondary N) is 1. The summed E-state index contributed by atoms with van der Waals surface area (Å²) in [5.41, 5.74) is 1.15. The van der Waals surface area contributed by atoms with Crippen molar-refractivity contribution in [1.82, 2.24) is 4.90 Å². The number of anilines is 1. The lowest BCUT2D eigenvalue weighted by Crippen LogP contribution is -2.38. The Hall–Kier alpha value is -1.22. The van der Waals surface area contributed by atoms with Crippen molar-refractivity contribution >= 4 is 5.69 Å². The molecule has 0 saturated heterocycles. The Labute approximate surface area is 118 Å². The second kappa shape index (κ2) is 8.05. The molecule has 3 heteroatoms. The van der Waals surface area contributed by atoms with E-state index in [1.54, 1.807) is 7.11 Å². The average molecular weight is 264 g/mol. The number of hydrogen-bond acceptors (Lipinski definition) is 3. The van der Waals surface area contributed by atoms with Gasteiger partial charge in [0.1, 0.15) is 5.75 Å². The summed E-state index contributed by atoms with van der Waals surface area (Å²) < 4.78 is 5.14. The summed E-state index contributed by atoms with van der Waals surface area (Å²) in [6.07, 6.45) is 1.16. The van der Waals surface area contributed by atoms with Gasteiger partial charge in [-0.05, 0) is 58.4 Å². The van der Waals surface area contributed by atoms with Crippen molar-refractivity contribution in [2.75, 3.05) is 25.5 Å². The number of benzene rings is 1. The summed E-state index contributed by atoms with van der Waals surface area (Å²) in [7, 11) is 1.69. The Morgan fingerprint density at radius 1 is 1.05 bits per heavy atom. The smallest absolute Gasteiger partial charge is 0.119 e. The summed E-state index contributed by atoms with van der Waals surface area (Å²) >= 11 is 0. The van der Waals surface area contributed by atoms with Crippen LogP contribution < -0.4 is 10.1 Å². The summed E-state index contributed by atoms with van der Waals surface area (Å²) in [6.45, 7) is 11.2. The predicted molar refractivity (Wildman–Crippen MR) is 83.1 cm³/mol. The normalized spacial score (nSPS) is 11.4. The van der Waals surface area contributed by atoms with Gasteiger partial charge in [-0.3, -0.25) is 4.90 Å². The Balaban J connectivity index is 2.29. The van der Waals surface area contributed by atoms with Crippen LogP contribution in [-0.4, -0.2) is 37.2 Å². The number of nitrogens with zero attached hydrogens (tertiary/aromatic N) is 1. The monoisotopic (exact) mass is 264 g/mol. The first-order valence-corrected chi connectivity index (χ1v) is 7.18. The molecule has 0 fully saturated rings. The van der Waals surface area contributed by atoms with E-state index < -0.39 is 0 Å². The minimum absolute atomic E-state index is 0.612. The second-order valence-electron chi connectivity index (χ2n) is 5.43. The van der Waals surface area contributed by atoms with E-state index in [4.69, 9.17) is 4.74 Å². The maximum atomic E-state index is 5.14. The molecule has 1 aromatic carbocycles. The first kappa shape index (κ1) is 15.8. The molecule has 0 saturated carbocycles. The van der Waals surface area contributed by atoms with Gasteiger partial charge in [-0.15, -0.1) is 0 Å². The fraction of sp³-hybridized carbons (Fsp3) is 0.625. The molecule has 0 aliphatic rings. The van der Waals surface area contributed by atoms with Crippen LogP contribution in [0, 0.1) is 0 Å². The average Bonchev–Trinajstić information content (AvgIpc) is 2.38. The van der Waals surface area contributed by atoms with Crippen LogP contribution >= 0.6 is 0 Å². The maximum Gasteiger partial charge on any atom is 0.119 e. The number of rotatable bonds is 8. The van der Waals surface area contributed by atoms with Gasteiger partial charge in [0.15, 0.2) is 0 Å². The molecule has 0 atom stereocenters. The third kappa shape index (κ3) is 5.52. The number of hydrogen-bond donors (Lipinski definition) is 1. The number of ether oxygens (including phenoxy) is 1. The minimum Gasteiger partial charge on any atom is -0.497 e. The standard InChI is InChI=1S/C16H28N2O/c1-13(2)18(14(3)4)12-6-11-17-15-7-9-16(19-5)10-8-15/h7-10,13-14,17H,6,11-12H2,1-5H3. The van der Waals surface area contributed by atoms with Crippen molar-refractivity contribution < 1.29 is 4.74 Å². The minimum atomic E-state index is 0.612. The molecule has 1 aromatic rings. The molecule has 0 heterocycles. The molecule has 1 N–H and O–H groups in total. The van der Waals surface area contributed by atoms with Crippen LogP contribution in [0.3, 0.4) is 0 Å². The van der Waals surface area contributed by atoms with Crippen LogP contribution in [0.2, 0.25) is 0 Å². The molecule has 0 bridgehead atoms. The first-order chi connectivity index (χ1) is 9.04. The van der Waals surface area contributed by atoms with Crippen LogP contribution in [0.25, 0.3) is 0 Å². The highest BCUT2D eigenvalue weighted by Crippen LogP contribution is 2.15.